The molecule has 0 saturated heterocycles. The number of carboxylic acid groups (broad SMARTS) is 1. The van der Waals surface area contributed by atoms with Crippen molar-refractivity contribution in [2.75, 3.05) is 0 Å². The quantitative estimate of drug-likeness (QED) is 0.754. The second-order valence-corrected chi connectivity index (χ2v) is 4.46. The van der Waals surface area contributed by atoms with E-state index < -0.39 is 5.97 Å². The van der Waals surface area contributed by atoms with Crippen molar-refractivity contribution in [3.63, 3.8) is 0 Å². The van der Waals surface area contributed by atoms with Gasteiger partial charge in [0, 0.05) is 19.4 Å². The molecule has 7 nitrogen and oxygen atoms in total. The van der Waals surface area contributed by atoms with Crippen LogP contribution in [-0.4, -0.2) is 35.8 Å². The van der Waals surface area contributed by atoms with Crippen LogP contribution in [0.4, 0.5) is 0 Å². The van der Waals surface area contributed by atoms with Gasteiger partial charge in [0.25, 0.3) is 0 Å². The lowest BCUT2D eigenvalue weighted by Crippen LogP contribution is -1.97. The maximum Gasteiger partial charge on any atom is 0.338 e. The number of fused-ring (bicyclic) bond motifs is 1. The molecule has 0 aliphatic carbocycles. The zero-order chi connectivity index (χ0) is 14.3. The number of pyridine rings is 1. The minimum absolute atomic E-state index is 0.163. The number of hydrogen-bond acceptors (Lipinski definition) is 4. The van der Waals surface area contributed by atoms with Gasteiger partial charge < -0.3 is 10.1 Å². The van der Waals surface area contributed by atoms with E-state index in [2.05, 4.69) is 20.1 Å². The molecule has 0 bridgehead atoms. The number of H-pyrrole nitrogens is 1. The van der Waals surface area contributed by atoms with E-state index in [9.17, 15) is 9.90 Å². The van der Waals surface area contributed by atoms with Crippen molar-refractivity contribution in [2.24, 2.45) is 7.05 Å². The highest BCUT2D eigenvalue weighted by atomic mass is 16.4. The number of carbonyl (C=O) groups is 1. The van der Waals surface area contributed by atoms with Crippen LogP contribution in [-0.2, 0) is 13.5 Å². The molecule has 0 radical (unpaired) electrons. The molecule has 7 heteroatoms. The predicted octanol–water partition coefficient (Wildman–Crippen LogP) is 1.62. The number of nitrogens with one attached hydrogen (secondary N) is 1. The fraction of sp³-hybridized carbons (Fsp3) is 0.231. The van der Waals surface area contributed by atoms with Gasteiger partial charge in [0.1, 0.15) is 5.82 Å². The van der Waals surface area contributed by atoms with Crippen LogP contribution in [0.1, 0.15) is 23.0 Å². The van der Waals surface area contributed by atoms with E-state index in [0.29, 0.717) is 17.0 Å². The van der Waals surface area contributed by atoms with Gasteiger partial charge in [0.2, 0.25) is 0 Å². The van der Waals surface area contributed by atoms with Crippen LogP contribution < -0.4 is 0 Å². The van der Waals surface area contributed by atoms with Crippen LogP contribution >= 0.6 is 0 Å². The Hall–Kier alpha value is -2.70. The molecule has 3 rings (SSSR count). The largest absolute Gasteiger partial charge is 0.478 e. The molecule has 3 aromatic rings. The zero-order valence-corrected chi connectivity index (χ0v) is 11.1. The highest BCUT2D eigenvalue weighted by Gasteiger charge is 2.17. The van der Waals surface area contributed by atoms with Crippen molar-refractivity contribution < 1.29 is 9.90 Å². The van der Waals surface area contributed by atoms with Gasteiger partial charge in [-0.05, 0) is 12.5 Å². The van der Waals surface area contributed by atoms with E-state index in [-0.39, 0.29) is 5.56 Å². The number of carboxylic acids is 1. The first kappa shape index (κ1) is 12.3. The lowest BCUT2D eigenvalue weighted by atomic mass is 10.2. The fourth-order valence-corrected chi connectivity index (χ4v) is 2.21. The first-order chi connectivity index (χ1) is 9.60. The minimum Gasteiger partial charge on any atom is -0.478 e. The summed E-state index contributed by atoms with van der Waals surface area (Å²) in [5, 5.41) is 13.5. The first-order valence-corrected chi connectivity index (χ1v) is 6.21. The van der Waals surface area contributed by atoms with Crippen LogP contribution in [0.2, 0.25) is 0 Å². The van der Waals surface area contributed by atoms with Gasteiger partial charge in [-0.1, -0.05) is 6.92 Å². The first-order valence-electron chi connectivity index (χ1n) is 6.21. The topological polar surface area (TPSA) is 96.7 Å². The van der Waals surface area contributed by atoms with E-state index in [4.69, 9.17) is 0 Å². The molecular weight excluding hydrogens is 258 g/mol. The normalized spacial score (nSPS) is 11.1. The van der Waals surface area contributed by atoms with Crippen molar-refractivity contribution in [2.45, 2.75) is 13.3 Å². The molecule has 2 N–H and O–H groups in total. The lowest BCUT2D eigenvalue weighted by Gasteiger charge is -1.95. The number of aryl methyl sites for hydroxylation is 2. The monoisotopic (exact) mass is 271 g/mol. The smallest absolute Gasteiger partial charge is 0.338 e. The molecule has 0 aliphatic heterocycles. The second kappa shape index (κ2) is 4.44. The van der Waals surface area contributed by atoms with Crippen molar-refractivity contribution in [3.05, 3.63) is 29.7 Å². The molecule has 0 atom stereocenters. The standard InChI is InChI=1S/C13H13N5O2/c1-3-9-8(6-18(2)17-9)11-15-10-7(13(19)20)4-5-14-12(10)16-11/h4-6H,3H2,1-2H3,(H,19,20)(H,14,15,16). The molecule has 0 aromatic carbocycles. The summed E-state index contributed by atoms with van der Waals surface area (Å²) in [4.78, 5) is 22.7. The molecule has 20 heavy (non-hydrogen) atoms. The van der Waals surface area contributed by atoms with Crippen LogP contribution in [0.25, 0.3) is 22.6 Å². The maximum atomic E-state index is 11.2. The third-order valence-electron chi connectivity index (χ3n) is 3.12. The fourth-order valence-electron chi connectivity index (χ4n) is 2.21. The van der Waals surface area contributed by atoms with E-state index in [1.54, 1.807) is 4.68 Å². The van der Waals surface area contributed by atoms with Crippen molar-refractivity contribution in [1.82, 2.24) is 24.7 Å². The van der Waals surface area contributed by atoms with Crippen LogP contribution in [0.15, 0.2) is 18.5 Å². The number of imidazole rings is 1. The van der Waals surface area contributed by atoms with Crippen molar-refractivity contribution in [3.8, 4) is 11.4 Å². The number of aromatic carboxylic acids is 1. The van der Waals surface area contributed by atoms with Gasteiger partial charge in [0.05, 0.1) is 22.3 Å². The minimum atomic E-state index is -1.01. The Balaban J connectivity index is 2.23. The predicted molar refractivity (Wildman–Crippen MR) is 72.4 cm³/mol. The Morgan fingerprint density at radius 2 is 2.30 bits per heavy atom. The molecule has 0 saturated carbocycles. The molecule has 0 fully saturated rings. The molecule has 0 unspecified atom stereocenters. The molecular formula is C13H13N5O2. The van der Waals surface area contributed by atoms with E-state index in [1.807, 2.05) is 20.2 Å². The molecule has 0 aliphatic rings. The van der Waals surface area contributed by atoms with Gasteiger partial charge in [-0.2, -0.15) is 5.10 Å². The van der Waals surface area contributed by atoms with E-state index >= 15 is 0 Å². The van der Waals surface area contributed by atoms with Crippen LogP contribution in [0, 0.1) is 0 Å². The average Bonchev–Trinajstić information content (AvgIpc) is 3.00. The summed E-state index contributed by atoms with van der Waals surface area (Å²) in [6.07, 6.45) is 4.07. The van der Waals surface area contributed by atoms with Crippen molar-refractivity contribution >= 4 is 17.1 Å². The highest BCUT2D eigenvalue weighted by Crippen LogP contribution is 2.24. The third kappa shape index (κ3) is 1.83. The number of nitrogens with zero attached hydrogens (tertiary/aromatic N) is 4. The zero-order valence-electron chi connectivity index (χ0n) is 11.1. The Kier molecular flexibility index (Phi) is 2.74. The summed E-state index contributed by atoms with van der Waals surface area (Å²) in [5.41, 5.74) is 2.76. The molecule has 3 aromatic heterocycles. The Bertz CT molecular complexity index is 802. The van der Waals surface area contributed by atoms with Gasteiger partial charge in [-0.15, -0.1) is 0 Å². The number of aromatic amines is 1. The Labute approximate surface area is 114 Å². The molecule has 0 spiro atoms. The summed E-state index contributed by atoms with van der Waals surface area (Å²) in [6, 6.07) is 1.45. The average molecular weight is 271 g/mol. The summed E-state index contributed by atoms with van der Waals surface area (Å²) in [7, 11) is 1.84. The number of hydrogen-bond donors (Lipinski definition) is 2. The van der Waals surface area contributed by atoms with E-state index in [0.717, 1.165) is 17.7 Å². The molecule has 3 heterocycles. The van der Waals surface area contributed by atoms with Gasteiger partial charge in [0.15, 0.2) is 5.65 Å². The Morgan fingerprint density at radius 1 is 1.50 bits per heavy atom. The van der Waals surface area contributed by atoms with Crippen LogP contribution in [0.3, 0.4) is 0 Å². The third-order valence-corrected chi connectivity index (χ3v) is 3.12. The van der Waals surface area contributed by atoms with Crippen molar-refractivity contribution in [1.29, 1.82) is 0 Å². The summed E-state index contributed by atoms with van der Waals surface area (Å²) in [5.74, 6) is -0.416. The summed E-state index contributed by atoms with van der Waals surface area (Å²) >= 11 is 0. The number of aromatic nitrogens is 5. The summed E-state index contributed by atoms with van der Waals surface area (Å²) in [6.45, 7) is 2.01. The second-order valence-electron chi connectivity index (χ2n) is 4.46. The van der Waals surface area contributed by atoms with Crippen LogP contribution in [0.5, 0.6) is 0 Å². The maximum absolute atomic E-state index is 11.2. The highest BCUT2D eigenvalue weighted by molar-refractivity contribution is 6.00. The van der Waals surface area contributed by atoms with Gasteiger partial charge in [-0.25, -0.2) is 14.8 Å². The Morgan fingerprint density at radius 3 is 3.00 bits per heavy atom. The molecule has 102 valence electrons. The summed E-state index contributed by atoms with van der Waals surface area (Å²) < 4.78 is 1.72. The molecule has 0 amide bonds. The van der Waals surface area contributed by atoms with Gasteiger partial charge in [-0.3, -0.25) is 4.68 Å². The number of rotatable bonds is 3. The van der Waals surface area contributed by atoms with E-state index in [1.165, 1.54) is 12.3 Å². The van der Waals surface area contributed by atoms with Gasteiger partial charge >= 0.3 is 5.97 Å². The SMILES string of the molecule is CCc1nn(C)cc1-c1nc2nccc(C(=O)O)c2[nH]1. The lowest BCUT2D eigenvalue weighted by molar-refractivity contribution is 0.0698.